The van der Waals surface area contributed by atoms with E-state index in [0.29, 0.717) is 15.7 Å². The van der Waals surface area contributed by atoms with Gasteiger partial charge in [0.05, 0.1) is 5.69 Å². The number of aryl methyl sites for hydroxylation is 2. The van der Waals surface area contributed by atoms with Gasteiger partial charge in [-0.05, 0) is 54.1 Å². The number of benzene rings is 1. The number of rotatable bonds is 2. The number of hydrogen-bond acceptors (Lipinski definition) is 4. The summed E-state index contributed by atoms with van der Waals surface area (Å²) >= 11 is 3.44. The van der Waals surface area contributed by atoms with Crippen molar-refractivity contribution in [3.63, 3.8) is 0 Å². The summed E-state index contributed by atoms with van der Waals surface area (Å²) in [7, 11) is 0. The summed E-state index contributed by atoms with van der Waals surface area (Å²) in [5, 5.41) is 3.26. The van der Waals surface area contributed by atoms with Crippen molar-refractivity contribution in [2.45, 2.75) is 13.8 Å². The highest BCUT2D eigenvalue weighted by Crippen LogP contribution is 2.22. The maximum absolute atomic E-state index is 12.0. The summed E-state index contributed by atoms with van der Waals surface area (Å²) in [6, 6.07) is 5.80. The van der Waals surface area contributed by atoms with Gasteiger partial charge in [0, 0.05) is 9.26 Å². The van der Waals surface area contributed by atoms with Gasteiger partial charge in [-0.25, -0.2) is 4.98 Å². The Morgan fingerprint density at radius 1 is 1.44 bits per heavy atom. The van der Waals surface area contributed by atoms with E-state index in [4.69, 9.17) is 5.73 Å². The Morgan fingerprint density at radius 3 is 2.72 bits per heavy atom. The van der Waals surface area contributed by atoms with Crippen molar-refractivity contribution in [2.24, 2.45) is 0 Å². The van der Waals surface area contributed by atoms with E-state index >= 15 is 0 Å². The van der Waals surface area contributed by atoms with Crippen molar-refractivity contribution in [1.29, 1.82) is 0 Å². The normalized spacial score (nSPS) is 10.4. The molecule has 1 aromatic heterocycles. The third-order valence-corrected chi connectivity index (χ3v) is 4.60. The SMILES string of the molecule is Cc1ccc(NC(=O)c2sc(N)nc2C)cc1I. The smallest absolute Gasteiger partial charge is 0.267 e. The molecule has 94 valence electrons. The van der Waals surface area contributed by atoms with Gasteiger partial charge in [0.25, 0.3) is 5.91 Å². The molecule has 0 aliphatic rings. The predicted molar refractivity (Wildman–Crippen MR) is 83.1 cm³/mol. The maximum Gasteiger partial charge on any atom is 0.267 e. The van der Waals surface area contributed by atoms with Gasteiger partial charge in [-0.15, -0.1) is 0 Å². The lowest BCUT2D eigenvalue weighted by Gasteiger charge is -2.06. The van der Waals surface area contributed by atoms with E-state index in [1.807, 2.05) is 25.1 Å². The molecule has 6 heteroatoms. The number of hydrogen-bond donors (Lipinski definition) is 2. The summed E-state index contributed by atoms with van der Waals surface area (Å²) in [6.45, 7) is 3.81. The quantitative estimate of drug-likeness (QED) is 0.795. The van der Waals surface area contributed by atoms with Crippen LogP contribution in [0.2, 0.25) is 0 Å². The minimum Gasteiger partial charge on any atom is -0.375 e. The fraction of sp³-hybridized carbons (Fsp3) is 0.167. The summed E-state index contributed by atoms with van der Waals surface area (Å²) in [6.07, 6.45) is 0. The Balaban J connectivity index is 2.21. The second kappa shape index (κ2) is 5.23. The predicted octanol–water partition coefficient (Wildman–Crippen LogP) is 3.20. The molecule has 0 radical (unpaired) electrons. The van der Waals surface area contributed by atoms with E-state index < -0.39 is 0 Å². The number of amides is 1. The van der Waals surface area contributed by atoms with E-state index in [9.17, 15) is 4.79 Å². The van der Waals surface area contributed by atoms with Crippen molar-refractivity contribution >= 4 is 50.7 Å². The number of anilines is 2. The molecule has 0 aliphatic heterocycles. The van der Waals surface area contributed by atoms with Gasteiger partial charge in [0.1, 0.15) is 4.88 Å². The van der Waals surface area contributed by atoms with Crippen LogP contribution in [0.15, 0.2) is 18.2 Å². The molecule has 0 saturated heterocycles. The van der Waals surface area contributed by atoms with Crippen molar-refractivity contribution < 1.29 is 4.79 Å². The first kappa shape index (κ1) is 13.3. The van der Waals surface area contributed by atoms with Crippen LogP contribution >= 0.6 is 33.9 Å². The Bertz CT molecular complexity index is 609. The van der Waals surface area contributed by atoms with E-state index in [-0.39, 0.29) is 5.91 Å². The summed E-state index contributed by atoms with van der Waals surface area (Å²) in [4.78, 5) is 16.6. The average Bonchev–Trinajstić information content (AvgIpc) is 2.63. The lowest BCUT2D eigenvalue weighted by molar-refractivity contribution is 0.103. The molecular formula is C12H12IN3OS. The van der Waals surface area contributed by atoms with E-state index in [0.717, 1.165) is 9.26 Å². The molecule has 0 unspecified atom stereocenters. The number of aromatic nitrogens is 1. The van der Waals surface area contributed by atoms with Crippen molar-refractivity contribution in [1.82, 2.24) is 4.98 Å². The molecule has 0 bridgehead atoms. The third kappa shape index (κ3) is 2.81. The Kier molecular flexibility index (Phi) is 3.86. The Hall–Kier alpha value is -1.15. The van der Waals surface area contributed by atoms with Crippen LogP contribution in [-0.2, 0) is 0 Å². The first-order valence-electron chi connectivity index (χ1n) is 5.28. The molecule has 18 heavy (non-hydrogen) atoms. The number of nitrogens with zero attached hydrogens (tertiary/aromatic N) is 1. The van der Waals surface area contributed by atoms with E-state index in [2.05, 4.69) is 32.9 Å². The number of nitrogen functional groups attached to an aromatic ring is 1. The van der Waals surface area contributed by atoms with Crippen LogP contribution in [0.5, 0.6) is 0 Å². The van der Waals surface area contributed by atoms with Gasteiger partial charge in [-0.2, -0.15) is 0 Å². The molecule has 2 aromatic rings. The highest BCUT2D eigenvalue weighted by atomic mass is 127. The highest BCUT2D eigenvalue weighted by molar-refractivity contribution is 14.1. The van der Waals surface area contributed by atoms with Gasteiger partial charge < -0.3 is 11.1 Å². The fourth-order valence-electron chi connectivity index (χ4n) is 1.49. The summed E-state index contributed by atoms with van der Waals surface area (Å²) in [5.74, 6) is -0.165. The molecule has 1 heterocycles. The third-order valence-electron chi connectivity index (χ3n) is 2.45. The number of nitrogens with one attached hydrogen (secondary N) is 1. The van der Waals surface area contributed by atoms with E-state index in [1.54, 1.807) is 6.92 Å². The molecule has 0 saturated carbocycles. The number of halogens is 1. The van der Waals surface area contributed by atoms with Crippen LogP contribution in [0.1, 0.15) is 20.9 Å². The zero-order valence-electron chi connectivity index (χ0n) is 9.95. The van der Waals surface area contributed by atoms with E-state index in [1.165, 1.54) is 16.9 Å². The molecule has 4 nitrogen and oxygen atoms in total. The fourth-order valence-corrected chi connectivity index (χ4v) is 2.73. The van der Waals surface area contributed by atoms with Crippen molar-refractivity contribution in [3.8, 4) is 0 Å². The van der Waals surface area contributed by atoms with Crippen LogP contribution in [0.25, 0.3) is 0 Å². The molecule has 3 N–H and O–H groups in total. The molecule has 2 rings (SSSR count). The lowest BCUT2D eigenvalue weighted by Crippen LogP contribution is -2.11. The standard InChI is InChI=1S/C12H12IN3OS/c1-6-3-4-8(5-9(6)13)16-11(17)10-7(2)15-12(14)18-10/h3-5H,1-2H3,(H2,14,15)(H,16,17). The number of carbonyl (C=O) groups is 1. The van der Waals surface area contributed by atoms with Crippen LogP contribution in [0, 0.1) is 17.4 Å². The Morgan fingerprint density at radius 2 is 2.17 bits per heavy atom. The molecule has 0 fully saturated rings. The largest absolute Gasteiger partial charge is 0.375 e. The monoisotopic (exact) mass is 373 g/mol. The van der Waals surface area contributed by atoms with Crippen molar-refractivity contribution in [2.75, 3.05) is 11.1 Å². The number of nitrogens with two attached hydrogens (primary N) is 1. The topological polar surface area (TPSA) is 68.0 Å². The number of carbonyl (C=O) groups excluding carboxylic acids is 1. The zero-order chi connectivity index (χ0) is 13.3. The Labute approximate surface area is 123 Å². The molecule has 1 aromatic carbocycles. The molecule has 1 amide bonds. The van der Waals surface area contributed by atoms with Crippen LogP contribution in [0.3, 0.4) is 0 Å². The molecule has 0 atom stereocenters. The first-order valence-corrected chi connectivity index (χ1v) is 7.17. The maximum atomic E-state index is 12.0. The number of thiazole rings is 1. The zero-order valence-corrected chi connectivity index (χ0v) is 12.9. The van der Waals surface area contributed by atoms with Crippen LogP contribution in [0.4, 0.5) is 10.8 Å². The van der Waals surface area contributed by atoms with Gasteiger partial charge >= 0.3 is 0 Å². The molecular weight excluding hydrogens is 361 g/mol. The lowest BCUT2D eigenvalue weighted by atomic mass is 10.2. The minimum absolute atomic E-state index is 0.165. The second-order valence-corrected chi connectivity index (χ2v) is 6.08. The average molecular weight is 373 g/mol. The van der Waals surface area contributed by atoms with Crippen LogP contribution in [-0.4, -0.2) is 10.9 Å². The second-order valence-electron chi connectivity index (χ2n) is 3.88. The summed E-state index contributed by atoms with van der Waals surface area (Å²) < 4.78 is 1.12. The summed E-state index contributed by atoms with van der Waals surface area (Å²) in [5.41, 5.74) is 8.21. The highest BCUT2D eigenvalue weighted by Gasteiger charge is 2.14. The van der Waals surface area contributed by atoms with Crippen LogP contribution < -0.4 is 11.1 Å². The van der Waals surface area contributed by atoms with Gasteiger partial charge in [0.15, 0.2) is 5.13 Å². The first-order chi connectivity index (χ1) is 8.47. The van der Waals surface area contributed by atoms with Gasteiger partial charge in [-0.1, -0.05) is 17.4 Å². The van der Waals surface area contributed by atoms with Gasteiger partial charge in [-0.3, -0.25) is 4.79 Å². The van der Waals surface area contributed by atoms with Crippen molar-refractivity contribution in [3.05, 3.63) is 37.9 Å². The van der Waals surface area contributed by atoms with Gasteiger partial charge in [0.2, 0.25) is 0 Å². The minimum atomic E-state index is -0.165. The molecule has 0 aliphatic carbocycles. The molecule has 0 spiro atoms.